The summed E-state index contributed by atoms with van der Waals surface area (Å²) in [4.78, 5) is 0. The highest BCUT2D eigenvalue weighted by Gasteiger charge is 2.40. The number of allylic oxidation sites excluding steroid dienone is 30. The van der Waals surface area contributed by atoms with Gasteiger partial charge >= 0.3 is 0 Å². The monoisotopic (exact) mass is 802 g/mol. The first kappa shape index (κ1) is 36.4. The summed E-state index contributed by atoms with van der Waals surface area (Å²) >= 11 is 0. The van der Waals surface area contributed by atoms with Crippen LogP contribution >= 0.6 is 0 Å². The van der Waals surface area contributed by atoms with Crippen LogP contribution in [0.5, 0.6) is 0 Å². The summed E-state index contributed by atoms with van der Waals surface area (Å²) in [5, 5.41) is 0. The Hall–Kier alpha value is -7.28. The van der Waals surface area contributed by atoms with E-state index in [-0.39, 0.29) is 5.41 Å². The number of rotatable bonds is 6. The van der Waals surface area contributed by atoms with E-state index in [1.807, 2.05) is 0 Å². The second kappa shape index (κ2) is 13.9. The molecule has 4 aromatic carbocycles. The Morgan fingerprint density at radius 1 is 0.349 bits per heavy atom. The molecule has 0 saturated carbocycles. The third-order valence-electron chi connectivity index (χ3n) is 15.1. The van der Waals surface area contributed by atoms with Crippen LogP contribution in [0.25, 0.3) is 45.5 Å². The minimum absolute atomic E-state index is 0.114. The third kappa shape index (κ3) is 5.74. The van der Waals surface area contributed by atoms with E-state index in [1.165, 1.54) is 111 Å². The van der Waals surface area contributed by atoms with Gasteiger partial charge in [-0.1, -0.05) is 220 Å². The Morgan fingerprint density at radius 3 is 1.17 bits per heavy atom. The van der Waals surface area contributed by atoms with E-state index in [1.54, 1.807) is 0 Å². The van der Waals surface area contributed by atoms with E-state index in [4.69, 9.17) is 0 Å². The Bertz CT molecular complexity index is 3030. The molecule has 0 bridgehead atoms. The average Bonchev–Trinajstić information content (AvgIpc) is 3.56. The van der Waals surface area contributed by atoms with Crippen LogP contribution in [-0.2, 0) is 5.41 Å². The van der Waals surface area contributed by atoms with Gasteiger partial charge in [0, 0.05) is 29.1 Å². The lowest BCUT2D eigenvalue weighted by Gasteiger charge is -2.40. The van der Waals surface area contributed by atoms with Gasteiger partial charge < -0.3 is 0 Å². The van der Waals surface area contributed by atoms with Gasteiger partial charge in [-0.15, -0.1) is 0 Å². The number of hydrogen-bond acceptors (Lipinski definition) is 0. The van der Waals surface area contributed by atoms with Crippen LogP contribution in [0.3, 0.4) is 0 Å². The maximum absolute atomic E-state index is 2.43. The lowest BCUT2D eigenvalue weighted by Crippen LogP contribution is -2.29. The van der Waals surface area contributed by atoms with Gasteiger partial charge in [-0.05, 0) is 123 Å². The summed E-state index contributed by atoms with van der Waals surface area (Å²) in [7, 11) is 0. The SMILES string of the molecule is CC1(C)c2cc(-c3ccc(C=CC4=C5C=CC6=CC=CC7=CC=C(C=C4)C5C67)cc3)ccc2-c2ccc(-c3ccc(C=CC4=C5C=CC6=CC=CC7=CC=C(C=C4)C5C67)cc3)cc21. The molecule has 13 rings (SSSR count). The fourth-order valence-corrected chi connectivity index (χ4v) is 11.8. The molecule has 0 saturated heterocycles. The summed E-state index contributed by atoms with van der Waals surface area (Å²) in [5.74, 6) is 1.67. The first-order chi connectivity index (χ1) is 30.9. The molecule has 0 spiro atoms. The van der Waals surface area contributed by atoms with Crippen molar-refractivity contribution in [2.24, 2.45) is 23.7 Å². The van der Waals surface area contributed by atoms with Crippen molar-refractivity contribution in [3.8, 4) is 33.4 Å². The molecule has 0 nitrogen and oxygen atoms in total. The molecular weight excluding hydrogens is 757 g/mol. The number of benzene rings is 4. The molecular formula is C63H46. The quantitative estimate of drug-likeness (QED) is 0.182. The third-order valence-corrected chi connectivity index (χ3v) is 15.1. The van der Waals surface area contributed by atoms with Crippen molar-refractivity contribution < 1.29 is 0 Å². The summed E-state index contributed by atoms with van der Waals surface area (Å²) in [6.45, 7) is 4.77. The summed E-state index contributed by atoms with van der Waals surface area (Å²) in [6.07, 6.45) is 50.4. The zero-order chi connectivity index (χ0) is 41.8. The van der Waals surface area contributed by atoms with Crippen molar-refractivity contribution in [1.82, 2.24) is 0 Å². The van der Waals surface area contributed by atoms with Gasteiger partial charge in [0.25, 0.3) is 0 Å². The normalized spacial score (nSPS) is 24.4. The van der Waals surface area contributed by atoms with Gasteiger partial charge in [-0.2, -0.15) is 0 Å². The first-order valence-corrected chi connectivity index (χ1v) is 22.6. The van der Waals surface area contributed by atoms with Crippen LogP contribution in [0.1, 0.15) is 36.1 Å². The van der Waals surface area contributed by atoms with Crippen LogP contribution in [0.2, 0.25) is 0 Å². The molecule has 4 atom stereocenters. The fourth-order valence-electron chi connectivity index (χ4n) is 11.8. The Kier molecular flexibility index (Phi) is 8.01. The van der Waals surface area contributed by atoms with Gasteiger partial charge in [0.05, 0.1) is 0 Å². The predicted molar refractivity (Wildman–Crippen MR) is 264 cm³/mol. The van der Waals surface area contributed by atoms with Crippen molar-refractivity contribution in [1.29, 1.82) is 0 Å². The van der Waals surface area contributed by atoms with Crippen LogP contribution in [-0.4, -0.2) is 0 Å². The highest BCUT2D eigenvalue weighted by atomic mass is 14.4. The molecule has 4 unspecified atom stereocenters. The van der Waals surface area contributed by atoms with E-state index in [0.717, 1.165) is 0 Å². The van der Waals surface area contributed by atoms with E-state index < -0.39 is 0 Å². The number of hydrogen-bond donors (Lipinski definition) is 0. The van der Waals surface area contributed by atoms with E-state index in [0.29, 0.717) is 23.7 Å². The molecule has 0 heteroatoms. The minimum atomic E-state index is -0.114. The molecule has 0 radical (unpaired) electrons. The van der Waals surface area contributed by atoms with Crippen molar-refractivity contribution in [2.45, 2.75) is 19.3 Å². The molecule has 9 aliphatic rings. The fraction of sp³-hybridized carbons (Fsp3) is 0.111. The Morgan fingerprint density at radius 2 is 0.730 bits per heavy atom. The molecule has 0 amide bonds. The maximum Gasteiger partial charge on any atom is 0.0205 e. The Labute approximate surface area is 371 Å². The smallest absolute Gasteiger partial charge is 0.0205 e. The van der Waals surface area contributed by atoms with Gasteiger partial charge in [-0.25, -0.2) is 0 Å². The van der Waals surface area contributed by atoms with Crippen LogP contribution in [0.4, 0.5) is 0 Å². The summed E-state index contributed by atoms with van der Waals surface area (Å²) < 4.78 is 0. The van der Waals surface area contributed by atoms with Gasteiger partial charge in [0.2, 0.25) is 0 Å². The predicted octanol–water partition coefficient (Wildman–Crippen LogP) is 15.4. The molecule has 0 aromatic heterocycles. The molecule has 298 valence electrons. The van der Waals surface area contributed by atoms with Crippen molar-refractivity contribution in [2.75, 3.05) is 0 Å². The van der Waals surface area contributed by atoms with Crippen molar-refractivity contribution in [3.63, 3.8) is 0 Å². The second-order valence-corrected chi connectivity index (χ2v) is 18.8. The molecule has 9 aliphatic carbocycles. The number of fused-ring (bicyclic) bond motifs is 3. The zero-order valence-electron chi connectivity index (χ0n) is 35.6. The van der Waals surface area contributed by atoms with E-state index in [9.17, 15) is 0 Å². The molecule has 0 fully saturated rings. The highest BCUT2D eigenvalue weighted by Crippen LogP contribution is 2.53. The minimum Gasteiger partial charge on any atom is -0.0617 e. The maximum atomic E-state index is 2.43. The Balaban J connectivity index is 0.722. The lowest BCUT2D eigenvalue weighted by molar-refractivity contribution is 0.561. The van der Waals surface area contributed by atoms with E-state index >= 15 is 0 Å². The highest BCUT2D eigenvalue weighted by molar-refractivity contribution is 5.86. The van der Waals surface area contributed by atoms with Crippen molar-refractivity contribution in [3.05, 3.63) is 284 Å². The van der Waals surface area contributed by atoms with Gasteiger partial charge in [0.1, 0.15) is 0 Å². The van der Waals surface area contributed by atoms with E-state index in [2.05, 4.69) is 232 Å². The van der Waals surface area contributed by atoms with Crippen LogP contribution in [0.15, 0.2) is 262 Å². The molecule has 0 heterocycles. The summed E-state index contributed by atoms with van der Waals surface area (Å²) in [5.41, 5.74) is 26.8. The molecule has 4 aromatic rings. The molecule has 0 N–H and O–H groups in total. The van der Waals surface area contributed by atoms with Crippen LogP contribution < -0.4 is 0 Å². The summed E-state index contributed by atoms with van der Waals surface area (Å²) in [6, 6.07) is 32.3. The van der Waals surface area contributed by atoms with Crippen molar-refractivity contribution >= 4 is 12.2 Å². The molecule has 63 heavy (non-hydrogen) atoms. The largest absolute Gasteiger partial charge is 0.0617 e. The average molecular weight is 803 g/mol. The zero-order valence-corrected chi connectivity index (χ0v) is 35.6. The first-order valence-electron chi connectivity index (χ1n) is 22.6. The van der Waals surface area contributed by atoms with Gasteiger partial charge in [-0.3, -0.25) is 0 Å². The lowest BCUT2D eigenvalue weighted by atomic mass is 9.63. The van der Waals surface area contributed by atoms with Gasteiger partial charge in [0.15, 0.2) is 0 Å². The van der Waals surface area contributed by atoms with Crippen LogP contribution in [0, 0.1) is 23.7 Å². The molecule has 0 aliphatic heterocycles. The topological polar surface area (TPSA) is 0 Å². The second-order valence-electron chi connectivity index (χ2n) is 18.8. The standard InChI is InChI=1S/C63H46/c1-63(2)57-37-51(41-15-9-39(10-16-41)13-19-43-21-23-49-27-25-45-5-3-7-47-29-33-53(43)61(49)59(45)47)31-35-55(57)56-36-32-52(38-58(56)63)42-17-11-40(12-18-42)14-20-44-22-24-50-28-26-46-6-4-8-48-30-34-54(44)62(50)60(46)48/h3-38,59-62H,1-2H3.